The zero-order valence-corrected chi connectivity index (χ0v) is 14.0. The van der Waals surface area contributed by atoms with Gasteiger partial charge in [0.05, 0.1) is 0 Å². The van der Waals surface area contributed by atoms with Gasteiger partial charge in [-0.25, -0.2) is 0 Å². The number of likely N-dealkylation sites (tertiary alicyclic amines) is 1. The van der Waals surface area contributed by atoms with Crippen LogP contribution in [0.15, 0.2) is 15.9 Å². The molecule has 2 nitrogen and oxygen atoms in total. The molecule has 1 saturated heterocycles. The summed E-state index contributed by atoms with van der Waals surface area (Å²) < 4.78 is 1.22. The topological polar surface area (TPSA) is 15.3 Å². The summed E-state index contributed by atoms with van der Waals surface area (Å²) in [6.07, 6.45) is 5.53. The Bertz CT molecular complexity index is 408. The second kappa shape index (κ2) is 6.25. The third-order valence-corrected chi connectivity index (χ3v) is 6.33. The number of halogens is 1. The smallest absolute Gasteiger partial charge is 0.0413 e. The van der Waals surface area contributed by atoms with Crippen molar-refractivity contribution < 1.29 is 0 Å². The average molecular weight is 343 g/mol. The highest BCUT2D eigenvalue weighted by Gasteiger charge is 2.26. The van der Waals surface area contributed by atoms with Gasteiger partial charge in [0, 0.05) is 39.9 Å². The van der Waals surface area contributed by atoms with E-state index in [1.165, 1.54) is 54.7 Å². The van der Waals surface area contributed by atoms with Gasteiger partial charge in [0.25, 0.3) is 0 Å². The first-order valence-corrected chi connectivity index (χ1v) is 9.11. The van der Waals surface area contributed by atoms with Crippen molar-refractivity contribution in [1.82, 2.24) is 10.2 Å². The number of nitrogens with zero attached hydrogens (tertiary/aromatic N) is 1. The highest BCUT2D eigenvalue weighted by molar-refractivity contribution is 9.10. The van der Waals surface area contributed by atoms with Crippen LogP contribution in [-0.4, -0.2) is 30.6 Å². The third-order valence-electron chi connectivity index (χ3n) is 4.47. The molecule has 2 heterocycles. The predicted octanol–water partition coefficient (Wildman–Crippen LogP) is 4.04. The minimum atomic E-state index is 0.570. The fourth-order valence-electron chi connectivity index (χ4n) is 2.87. The van der Waals surface area contributed by atoms with E-state index in [2.05, 4.69) is 44.5 Å². The number of hydrogen-bond donors (Lipinski definition) is 1. The standard InChI is InChI=1S/C15H23BrN2S/c1-11(15-8-13(16)10-19-15)18-6-4-14(5-7-18)17-9-12-2-3-12/h8,10-12,14,17H,2-7,9H2,1H3. The second-order valence-corrected chi connectivity index (χ2v) is 7.86. The predicted molar refractivity (Wildman–Crippen MR) is 85.8 cm³/mol. The van der Waals surface area contributed by atoms with Crippen molar-refractivity contribution >= 4 is 27.3 Å². The molecule has 2 fully saturated rings. The van der Waals surface area contributed by atoms with Crippen LogP contribution in [0.3, 0.4) is 0 Å². The molecule has 1 unspecified atom stereocenters. The highest BCUT2D eigenvalue weighted by atomic mass is 79.9. The van der Waals surface area contributed by atoms with Crippen molar-refractivity contribution in [2.45, 2.75) is 44.7 Å². The van der Waals surface area contributed by atoms with Crippen molar-refractivity contribution in [3.8, 4) is 0 Å². The Morgan fingerprint density at radius 3 is 2.68 bits per heavy atom. The maximum Gasteiger partial charge on any atom is 0.0413 e. The first-order chi connectivity index (χ1) is 9.22. The SMILES string of the molecule is CC(c1cc(Br)cs1)N1CCC(NCC2CC2)CC1. The molecule has 1 aliphatic carbocycles. The van der Waals surface area contributed by atoms with E-state index in [4.69, 9.17) is 0 Å². The molecule has 2 aliphatic rings. The number of nitrogens with one attached hydrogen (secondary N) is 1. The summed E-state index contributed by atoms with van der Waals surface area (Å²) in [6, 6.07) is 3.60. The lowest BCUT2D eigenvalue weighted by molar-refractivity contribution is 0.154. The van der Waals surface area contributed by atoms with Gasteiger partial charge in [0.2, 0.25) is 0 Å². The zero-order valence-electron chi connectivity index (χ0n) is 11.6. The number of piperidine rings is 1. The molecule has 1 aromatic heterocycles. The van der Waals surface area contributed by atoms with Gasteiger partial charge in [0.1, 0.15) is 0 Å². The summed E-state index contributed by atoms with van der Waals surface area (Å²) in [5, 5.41) is 5.95. The Balaban J connectivity index is 1.46. The van der Waals surface area contributed by atoms with Crippen LogP contribution in [0.4, 0.5) is 0 Å². The Labute approximate surface area is 128 Å². The highest BCUT2D eigenvalue weighted by Crippen LogP contribution is 2.31. The molecule has 0 bridgehead atoms. The van der Waals surface area contributed by atoms with Gasteiger partial charge in [-0.1, -0.05) is 0 Å². The molecule has 4 heteroatoms. The Kier molecular flexibility index (Phi) is 4.62. The van der Waals surface area contributed by atoms with Crippen LogP contribution in [-0.2, 0) is 0 Å². The molecule has 1 aromatic rings. The van der Waals surface area contributed by atoms with Crippen molar-refractivity contribution in [1.29, 1.82) is 0 Å². The summed E-state index contributed by atoms with van der Waals surface area (Å²) in [7, 11) is 0. The van der Waals surface area contributed by atoms with Gasteiger partial charge >= 0.3 is 0 Å². The number of rotatable bonds is 5. The zero-order chi connectivity index (χ0) is 13.2. The van der Waals surface area contributed by atoms with Crippen LogP contribution in [0, 0.1) is 5.92 Å². The van der Waals surface area contributed by atoms with Crippen LogP contribution in [0.2, 0.25) is 0 Å². The summed E-state index contributed by atoms with van der Waals surface area (Å²) >= 11 is 5.43. The molecule has 1 aliphatic heterocycles. The molecule has 1 atom stereocenters. The van der Waals surface area contributed by atoms with Crippen molar-refractivity contribution in [3.05, 3.63) is 20.8 Å². The lowest BCUT2D eigenvalue weighted by Crippen LogP contribution is -2.43. The minimum Gasteiger partial charge on any atom is -0.314 e. The number of thiophene rings is 1. The van der Waals surface area contributed by atoms with E-state index < -0.39 is 0 Å². The van der Waals surface area contributed by atoms with E-state index in [0.717, 1.165) is 12.0 Å². The van der Waals surface area contributed by atoms with Crippen LogP contribution in [0.1, 0.15) is 43.5 Å². The molecule has 3 rings (SSSR count). The number of hydrogen-bond acceptors (Lipinski definition) is 3. The largest absolute Gasteiger partial charge is 0.314 e. The summed E-state index contributed by atoms with van der Waals surface area (Å²) in [4.78, 5) is 4.12. The van der Waals surface area contributed by atoms with Gasteiger partial charge in [-0.3, -0.25) is 4.90 Å². The van der Waals surface area contributed by atoms with Crippen LogP contribution in [0.25, 0.3) is 0 Å². The molecule has 0 aromatic carbocycles. The molecular formula is C15H23BrN2S. The van der Waals surface area contributed by atoms with Crippen molar-refractivity contribution in [2.75, 3.05) is 19.6 Å². The molecule has 0 radical (unpaired) electrons. The van der Waals surface area contributed by atoms with Gasteiger partial charge in [-0.15, -0.1) is 11.3 Å². The van der Waals surface area contributed by atoms with Gasteiger partial charge in [0.15, 0.2) is 0 Å². The summed E-state index contributed by atoms with van der Waals surface area (Å²) in [6.45, 7) is 6.08. The molecule has 106 valence electrons. The maximum atomic E-state index is 3.76. The molecular weight excluding hydrogens is 320 g/mol. The quantitative estimate of drug-likeness (QED) is 0.868. The first-order valence-electron chi connectivity index (χ1n) is 7.43. The van der Waals surface area contributed by atoms with E-state index in [-0.39, 0.29) is 0 Å². The van der Waals surface area contributed by atoms with E-state index in [9.17, 15) is 0 Å². The monoisotopic (exact) mass is 342 g/mol. The third kappa shape index (κ3) is 3.81. The maximum absolute atomic E-state index is 3.76. The van der Waals surface area contributed by atoms with Gasteiger partial charge < -0.3 is 5.32 Å². The van der Waals surface area contributed by atoms with E-state index in [0.29, 0.717) is 6.04 Å². The lowest BCUT2D eigenvalue weighted by atomic mass is 10.0. The van der Waals surface area contributed by atoms with Crippen LogP contribution < -0.4 is 5.32 Å². The average Bonchev–Trinajstić information content (AvgIpc) is 3.17. The minimum absolute atomic E-state index is 0.570. The molecule has 19 heavy (non-hydrogen) atoms. The Morgan fingerprint density at radius 1 is 1.37 bits per heavy atom. The van der Waals surface area contributed by atoms with Gasteiger partial charge in [-0.2, -0.15) is 0 Å². The fraction of sp³-hybridized carbons (Fsp3) is 0.733. The van der Waals surface area contributed by atoms with E-state index in [1.807, 2.05) is 11.3 Å². The lowest BCUT2D eigenvalue weighted by Gasteiger charge is -2.36. The van der Waals surface area contributed by atoms with Crippen molar-refractivity contribution in [2.24, 2.45) is 5.92 Å². The normalized spacial score (nSPS) is 23.7. The van der Waals surface area contributed by atoms with Crippen molar-refractivity contribution in [3.63, 3.8) is 0 Å². The van der Waals surface area contributed by atoms with Crippen LogP contribution >= 0.6 is 27.3 Å². The molecule has 1 saturated carbocycles. The van der Waals surface area contributed by atoms with E-state index in [1.54, 1.807) is 0 Å². The second-order valence-electron chi connectivity index (χ2n) is 6.01. The Hall–Kier alpha value is 0.1000. The summed E-state index contributed by atoms with van der Waals surface area (Å²) in [5.74, 6) is 1.00. The Morgan fingerprint density at radius 2 is 2.11 bits per heavy atom. The first kappa shape index (κ1) is 14.1. The molecule has 0 amide bonds. The van der Waals surface area contributed by atoms with Gasteiger partial charge in [-0.05, 0) is 67.1 Å². The molecule has 0 spiro atoms. The van der Waals surface area contributed by atoms with Crippen LogP contribution in [0.5, 0.6) is 0 Å². The van der Waals surface area contributed by atoms with E-state index >= 15 is 0 Å². The fourth-order valence-corrected chi connectivity index (χ4v) is 4.41. The molecule has 1 N–H and O–H groups in total. The summed E-state index contributed by atoms with van der Waals surface area (Å²) in [5.41, 5.74) is 0.